The summed E-state index contributed by atoms with van der Waals surface area (Å²) in [6.07, 6.45) is 6.63. The highest BCUT2D eigenvalue weighted by Crippen LogP contribution is 2.60. The van der Waals surface area contributed by atoms with E-state index in [0.29, 0.717) is 17.8 Å². The summed E-state index contributed by atoms with van der Waals surface area (Å²) in [5, 5.41) is 0. The predicted octanol–water partition coefficient (Wildman–Crippen LogP) is 1.32. The van der Waals surface area contributed by atoms with Crippen LogP contribution < -0.4 is 4.72 Å². The number of Topliss-reactive ketones (excluding diaryl/α,β-unsaturated/α-hetero) is 1. The lowest BCUT2D eigenvalue weighted by Gasteiger charge is -2.55. The maximum atomic E-state index is 12.5. The average molecular weight is 271 g/mol. The summed E-state index contributed by atoms with van der Waals surface area (Å²) in [5.41, 5.74) is -0.293. The van der Waals surface area contributed by atoms with E-state index < -0.39 is 10.0 Å². The molecule has 0 aromatic rings. The molecule has 102 valence electrons. The van der Waals surface area contributed by atoms with Crippen molar-refractivity contribution in [3.05, 3.63) is 0 Å². The quantitative estimate of drug-likeness (QED) is 0.839. The molecule has 4 bridgehead atoms. The lowest BCUT2D eigenvalue weighted by atomic mass is 9.48. The van der Waals surface area contributed by atoms with Crippen molar-refractivity contribution < 1.29 is 13.2 Å². The molecule has 0 atom stereocenters. The normalized spacial score (nSPS) is 42.2. The molecular weight excluding hydrogens is 250 g/mol. The molecule has 0 aliphatic heterocycles. The Bertz CT molecular complexity index is 433. The fraction of sp³-hybridized carbons (Fsp3) is 0.923. The van der Waals surface area contributed by atoms with Crippen molar-refractivity contribution in [3.63, 3.8) is 0 Å². The molecule has 4 fully saturated rings. The molecule has 1 N–H and O–H groups in total. The van der Waals surface area contributed by atoms with Gasteiger partial charge in [0.2, 0.25) is 10.0 Å². The van der Waals surface area contributed by atoms with Crippen LogP contribution in [0, 0.1) is 23.2 Å². The summed E-state index contributed by atoms with van der Waals surface area (Å²) in [7, 11) is -2.03. The zero-order valence-electron chi connectivity index (χ0n) is 10.8. The molecule has 0 radical (unpaired) electrons. The summed E-state index contributed by atoms with van der Waals surface area (Å²) < 4.78 is 25.4. The van der Waals surface area contributed by atoms with Crippen LogP contribution in [0.2, 0.25) is 0 Å². The number of sulfonamides is 1. The van der Waals surface area contributed by atoms with Gasteiger partial charge in [-0.2, -0.15) is 0 Å². The van der Waals surface area contributed by atoms with Gasteiger partial charge < -0.3 is 0 Å². The van der Waals surface area contributed by atoms with Crippen molar-refractivity contribution in [2.45, 2.75) is 38.5 Å². The Morgan fingerprint density at radius 1 is 1.11 bits per heavy atom. The van der Waals surface area contributed by atoms with Gasteiger partial charge in [0.05, 0.1) is 0 Å². The molecule has 0 spiro atoms. The maximum absolute atomic E-state index is 12.5. The minimum absolute atomic E-state index is 0.0315. The molecule has 5 heteroatoms. The molecular formula is C13H21NO3S. The number of ketones is 1. The van der Waals surface area contributed by atoms with E-state index in [2.05, 4.69) is 4.72 Å². The number of carbonyl (C=O) groups is 1. The van der Waals surface area contributed by atoms with Gasteiger partial charge in [-0.15, -0.1) is 0 Å². The van der Waals surface area contributed by atoms with Gasteiger partial charge in [-0.25, -0.2) is 13.1 Å². The standard InChI is InChI=1S/C13H21NO3S/c1-14-18(16,17)8-12(15)13-5-9-2-10(6-13)4-11(3-9)7-13/h9-11,14H,2-8H2,1H3. The van der Waals surface area contributed by atoms with Crippen LogP contribution in [0.1, 0.15) is 38.5 Å². The highest BCUT2D eigenvalue weighted by molar-refractivity contribution is 7.90. The lowest BCUT2D eigenvalue weighted by Crippen LogP contribution is -2.51. The third-order valence-electron chi connectivity index (χ3n) is 5.26. The first-order valence-corrected chi connectivity index (χ1v) is 8.52. The van der Waals surface area contributed by atoms with E-state index in [1.165, 1.54) is 26.3 Å². The Morgan fingerprint density at radius 2 is 1.56 bits per heavy atom. The molecule has 4 aliphatic rings. The minimum atomic E-state index is -3.41. The summed E-state index contributed by atoms with van der Waals surface area (Å²) in [6.45, 7) is 0. The van der Waals surface area contributed by atoms with Gasteiger partial charge in [0.15, 0.2) is 5.78 Å². The zero-order valence-corrected chi connectivity index (χ0v) is 11.6. The molecule has 0 aromatic heterocycles. The van der Waals surface area contributed by atoms with Gasteiger partial charge in [0.1, 0.15) is 5.75 Å². The SMILES string of the molecule is CNS(=O)(=O)CC(=O)C12CC3CC(CC(C3)C1)C2. The van der Waals surface area contributed by atoms with Crippen LogP contribution in [-0.4, -0.2) is 27.0 Å². The summed E-state index contributed by atoms with van der Waals surface area (Å²) in [5.74, 6) is 1.68. The van der Waals surface area contributed by atoms with Gasteiger partial charge >= 0.3 is 0 Å². The summed E-state index contributed by atoms with van der Waals surface area (Å²) in [6, 6.07) is 0. The molecule has 4 aliphatic carbocycles. The second-order valence-corrected chi connectivity index (χ2v) is 8.51. The molecule has 4 saturated carbocycles. The van der Waals surface area contributed by atoms with Crippen molar-refractivity contribution >= 4 is 15.8 Å². The van der Waals surface area contributed by atoms with Gasteiger partial charge in [-0.05, 0) is 63.3 Å². The first-order chi connectivity index (χ1) is 8.42. The summed E-state index contributed by atoms with van der Waals surface area (Å²) >= 11 is 0. The molecule has 4 rings (SSSR count). The molecule has 0 aromatic carbocycles. The lowest BCUT2D eigenvalue weighted by molar-refractivity contribution is -0.141. The van der Waals surface area contributed by atoms with Crippen LogP contribution in [0.3, 0.4) is 0 Å². The second kappa shape index (κ2) is 4.04. The van der Waals surface area contributed by atoms with Crippen LogP contribution in [-0.2, 0) is 14.8 Å². The Morgan fingerprint density at radius 3 is 1.94 bits per heavy atom. The third-order valence-corrected chi connectivity index (χ3v) is 6.53. The van der Waals surface area contributed by atoms with E-state index >= 15 is 0 Å². The van der Waals surface area contributed by atoms with Crippen LogP contribution in [0.4, 0.5) is 0 Å². The molecule has 0 heterocycles. The maximum Gasteiger partial charge on any atom is 0.218 e. The van der Waals surface area contributed by atoms with E-state index in [1.807, 2.05) is 0 Å². The fourth-order valence-corrected chi connectivity index (χ4v) is 5.65. The van der Waals surface area contributed by atoms with Gasteiger partial charge in [0, 0.05) is 5.41 Å². The minimum Gasteiger partial charge on any atom is -0.298 e. The molecule has 0 saturated heterocycles. The largest absolute Gasteiger partial charge is 0.298 e. The van der Waals surface area contributed by atoms with Crippen molar-refractivity contribution in [2.24, 2.45) is 23.2 Å². The number of hydrogen-bond donors (Lipinski definition) is 1. The Hall–Kier alpha value is -0.420. The van der Waals surface area contributed by atoms with E-state index in [0.717, 1.165) is 19.3 Å². The van der Waals surface area contributed by atoms with Crippen LogP contribution >= 0.6 is 0 Å². The number of hydrogen-bond acceptors (Lipinski definition) is 3. The Labute approximate surface area is 109 Å². The molecule has 0 amide bonds. The van der Waals surface area contributed by atoms with E-state index in [-0.39, 0.29) is 17.0 Å². The average Bonchev–Trinajstić information content (AvgIpc) is 2.26. The van der Waals surface area contributed by atoms with Gasteiger partial charge in [0.25, 0.3) is 0 Å². The van der Waals surface area contributed by atoms with E-state index in [1.54, 1.807) is 0 Å². The fourth-order valence-electron chi connectivity index (χ4n) is 4.85. The van der Waals surface area contributed by atoms with Crippen LogP contribution in [0.15, 0.2) is 0 Å². The molecule has 18 heavy (non-hydrogen) atoms. The van der Waals surface area contributed by atoms with Gasteiger partial charge in [-0.3, -0.25) is 4.79 Å². The third kappa shape index (κ3) is 2.01. The Balaban J connectivity index is 1.81. The molecule has 4 nitrogen and oxygen atoms in total. The van der Waals surface area contributed by atoms with Crippen molar-refractivity contribution in [1.82, 2.24) is 4.72 Å². The smallest absolute Gasteiger partial charge is 0.218 e. The summed E-state index contributed by atoms with van der Waals surface area (Å²) in [4.78, 5) is 12.5. The molecule has 0 unspecified atom stereocenters. The number of nitrogens with one attached hydrogen (secondary N) is 1. The second-order valence-electron chi connectivity index (χ2n) is 6.58. The van der Waals surface area contributed by atoms with Crippen molar-refractivity contribution in [2.75, 3.05) is 12.8 Å². The van der Waals surface area contributed by atoms with Crippen LogP contribution in [0.25, 0.3) is 0 Å². The van der Waals surface area contributed by atoms with Crippen molar-refractivity contribution in [3.8, 4) is 0 Å². The van der Waals surface area contributed by atoms with Crippen LogP contribution in [0.5, 0.6) is 0 Å². The van der Waals surface area contributed by atoms with Crippen molar-refractivity contribution in [1.29, 1.82) is 0 Å². The number of carbonyl (C=O) groups excluding carboxylic acids is 1. The van der Waals surface area contributed by atoms with E-state index in [4.69, 9.17) is 0 Å². The highest BCUT2D eigenvalue weighted by atomic mass is 32.2. The highest BCUT2D eigenvalue weighted by Gasteiger charge is 2.54. The number of rotatable bonds is 4. The monoisotopic (exact) mass is 271 g/mol. The van der Waals surface area contributed by atoms with Gasteiger partial charge in [-0.1, -0.05) is 0 Å². The zero-order chi connectivity index (χ0) is 13.0. The first kappa shape index (κ1) is 12.6. The first-order valence-electron chi connectivity index (χ1n) is 6.87. The predicted molar refractivity (Wildman–Crippen MR) is 68.5 cm³/mol. The van der Waals surface area contributed by atoms with E-state index in [9.17, 15) is 13.2 Å². The Kier molecular flexibility index (Phi) is 2.83. The topological polar surface area (TPSA) is 63.2 Å².